The lowest BCUT2D eigenvalue weighted by Gasteiger charge is -2.14. The molecule has 0 spiro atoms. The third-order valence-corrected chi connectivity index (χ3v) is 4.98. The van der Waals surface area contributed by atoms with E-state index in [9.17, 15) is 4.79 Å². The molecular formula is C23H23N5O2. The number of pyridine rings is 1. The van der Waals surface area contributed by atoms with Crippen molar-refractivity contribution in [2.24, 2.45) is 12.8 Å². The Morgan fingerprint density at radius 3 is 2.70 bits per heavy atom. The predicted octanol–water partition coefficient (Wildman–Crippen LogP) is 4.04. The van der Waals surface area contributed by atoms with Crippen LogP contribution < -0.4 is 21.1 Å². The molecule has 30 heavy (non-hydrogen) atoms. The van der Waals surface area contributed by atoms with E-state index in [2.05, 4.69) is 38.4 Å². The summed E-state index contributed by atoms with van der Waals surface area (Å²) < 4.78 is 7.27. The first-order chi connectivity index (χ1) is 14.5. The Kier molecular flexibility index (Phi) is 5.26. The van der Waals surface area contributed by atoms with Crippen molar-refractivity contribution in [3.8, 4) is 5.75 Å². The fraction of sp³-hybridized carbons (Fsp3) is 0.130. The zero-order valence-electron chi connectivity index (χ0n) is 16.8. The van der Waals surface area contributed by atoms with Gasteiger partial charge in [-0.3, -0.25) is 4.79 Å². The van der Waals surface area contributed by atoms with Gasteiger partial charge < -0.3 is 25.7 Å². The van der Waals surface area contributed by atoms with Crippen LogP contribution in [-0.2, 0) is 13.6 Å². The van der Waals surface area contributed by atoms with Gasteiger partial charge in [0.05, 0.1) is 23.9 Å². The number of anilines is 3. The van der Waals surface area contributed by atoms with Crippen LogP contribution in [0.25, 0.3) is 10.9 Å². The number of amides is 1. The molecule has 0 saturated heterocycles. The predicted molar refractivity (Wildman–Crippen MR) is 119 cm³/mol. The van der Waals surface area contributed by atoms with Crippen molar-refractivity contribution in [1.82, 2.24) is 9.55 Å². The summed E-state index contributed by atoms with van der Waals surface area (Å²) in [4.78, 5) is 16.2. The molecule has 0 aliphatic rings. The largest absolute Gasteiger partial charge is 0.497 e. The fourth-order valence-corrected chi connectivity index (χ4v) is 3.46. The van der Waals surface area contributed by atoms with Gasteiger partial charge in [-0.25, -0.2) is 4.98 Å². The van der Waals surface area contributed by atoms with Crippen molar-refractivity contribution in [2.45, 2.75) is 6.54 Å². The summed E-state index contributed by atoms with van der Waals surface area (Å²) in [6.45, 7) is 0.543. The van der Waals surface area contributed by atoms with Crippen LogP contribution in [0.2, 0.25) is 0 Å². The minimum Gasteiger partial charge on any atom is -0.497 e. The molecule has 4 aromatic rings. The van der Waals surface area contributed by atoms with Crippen molar-refractivity contribution < 1.29 is 9.53 Å². The van der Waals surface area contributed by atoms with Crippen LogP contribution in [-0.4, -0.2) is 22.6 Å². The summed E-state index contributed by atoms with van der Waals surface area (Å²) in [5, 5.41) is 7.75. The number of methoxy groups -OCH3 is 1. The Hall–Kier alpha value is -4.00. The maximum absolute atomic E-state index is 11.9. The molecule has 0 fully saturated rings. The number of nitrogens with zero attached hydrogens (tertiary/aromatic N) is 2. The molecule has 1 amide bonds. The molecule has 2 aromatic heterocycles. The second-order valence-electron chi connectivity index (χ2n) is 6.97. The van der Waals surface area contributed by atoms with E-state index in [1.807, 2.05) is 43.6 Å². The minimum atomic E-state index is -0.530. The van der Waals surface area contributed by atoms with E-state index in [0.29, 0.717) is 23.6 Å². The van der Waals surface area contributed by atoms with E-state index in [0.717, 1.165) is 22.5 Å². The van der Waals surface area contributed by atoms with Gasteiger partial charge in [-0.2, -0.15) is 0 Å². The van der Waals surface area contributed by atoms with Gasteiger partial charge >= 0.3 is 0 Å². The maximum Gasteiger partial charge on any atom is 0.252 e. The molecule has 0 atom stereocenters. The van der Waals surface area contributed by atoms with E-state index in [4.69, 9.17) is 10.5 Å². The molecule has 0 bridgehead atoms. The molecule has 152 valence electrons. The average molecular weight is 401 g/mol. The lowest BCUT2D eigenvalue weighted by Crippen LogP contribution is -2.15. The van der Waals surface area contributed by atoms with E-state index in [-0.39, 0.29) is 0 Å². The summed E-state index contributed by atoms with van der Waals surface area (Å²) in [7, 11) is 3.64. The van der Waals surface area contributed by atoms with E-state index >= 15 is 0 Å². The number of carbonyl (C=O) groups excluding carboxylic acids is 1. The number of ether oxygens (including phenoxy) is 1. The standard InChI is InChI=1S/C23H23N5O2/c1-28-11-10-15-4-3-5-16(22(15)28)13-25-20-12-21(26-14-19(20)23(24)29)27-17-6-8-18(30-2)9-7-17/h3-12,14H,13H2,1-2H3,(H2,24,29)(H2,25,26,27). The quantitative estimate of drug-likeness (QED) is 0.435. The summed E-state index contributed by atoms with van der Waals surface area (Å²) in [5.74, 6) is 0.845. The molecule has 7 nitrogen and oxygen atoms in total. The van der Waals surface area contributed by atoms with Gasteiger partial charge in [0.2, 0.25) is 0 Å². The van der Waals surface area contributed by atoms with Gasteiger partial charge in [-0.1, -0.05) is 18.2 Å². The highest BCUT2D eigenvalue weighted by Gasteiger charge is 2.12. The lowest BCUT2D eigenvalue weighted by atomic mass is 10.1. The molecule has 2 aromatic carbocycles. The first kappa shape index (κ1) is 19.3. The Labute approximate surface area is 174 Å². The average Bonchev–Trinajstić information content (AvgIpc) is 3.14. The Bertz CT molecular complexity index is 1200. The van der Waals surface area contributed by atoms with Crippen molar-refractivity contribution >= 4 is 34.0 Å². The molecular weight excluding hydrogens is 378 g/mol. The summed E-state index contributed by atoms with van der Waals surface area (Å²) >= 11 is 0. The molecule has 0 unspecified atom stereocenters. The van der Waals surface area contributed by atoms with Crippen LogP contribution in [0, 0.1) is 0 Å². The number of fused-ring (bicyclic) bond motifs is 1. The number of hydrogen-bond acceptors (Lipinski definition) is 5. The highest BCUT2D eigenvalue weighted by molar-refractivity contribution is 5.98. The van der Waals surface area contributed by atoms with E-state index < -0.39 is 5.91 Å². The Morgan fingerprint density at radius 2 is 1.97 bits per heavy atom. The van der Waals surface area contributed by atoms with Crippen LogP contribution >= 0.6 is 0 Å². The first-order valence-corrected chi connectivity index (χ1v) is 9.53. The molecule has 0 saturated carbocycles. The fourth-order valence-electron chi connectivity index (χ4n) is 3.46. The van der Waals surface area contributed by atoms with Gasteiger partial charge in [-0.05, 0) is 41.3 Å². The number of nitrogens with two attached hydrogens (primary N) is 1. The Morgan fingerprint density at radius 1 is 1.17 bits per heavy atom. The third kappa shape index (κ3) is 3.91. The smallest absolute Gasteiger partial charge is 0.252 e. The molecule has 0 aliphatic heterocycles. The van der Waals surface area contributed by atoms with E-state index in [1.54, 1.807) is 13.2 Å². The van der Waals surface area contributed by atoms with Gasteiger partial charge in [0.15, 0.2) is 0 Å². The molecule has 2 heterocycles. The first-order valence-electron chi connectivity index (χ1n) is 9.53. The lowest BCUT2D eigenvalue weighted by molar-refractivity contribution is 0.100. The number of primary amides is 1. The zero-order valence-corrected chi connectivity index (χ0v) is 16.8. The highest BCUT2D eigenvalue weighted by atomic mass is 16.5. The maximum atomic E-state index is 11.9. The summed E-state index contributed by atoms with van der Waals surface area (Å²) in [6, 6.07) is 17.6. The number of aryl methyl sites for hydroxylation is 1. The van der Waals surface area contributed by atoms with Crippen LogP contribution in [0.3, 0.4) is 0 Å². The van der Waals surface area contributed by atoms with Crippen molar-refractivity contribution in [3.05, 3.63) is 78.1 Å². The summed E-state index contributed by atoms with van der Waals surface area (Å²) in [5.41, 5.74) is 9.65. The number of rotatable bonds is 7. The number of aromatic nitrogens is 2. The van der Waals surface area contributed by atoms with Gasteiger partial charge in [0.25, 0.3) is 5.91 Å². The third-order valence-electron chi connectivity index (χ3n) is 4.98. The second kappa shape index (κ2) is 8.16. The molecule has 4 rings (SSSR count). The topological polar surface area (TPSA) is 94.2 Å². The van der Waals surface area contributed by atoms with Crippen LogP contribution in [0.1, 0.15) is 15.9 Å². The van der Waals surface area contributed by atoms with Crippen LogP contribution in [0.15, 0.2) is 67.0 Å². The SMILES string of the molecule is COc1ccc(Nc2cc(NCc3cccc4ccn(C)c34)c(C(N)=O)cn2)cc1. The molecule has 7 heteroatoms. The number of benzene rings is 2. The van der Waals surface area contributed by atoms with E-state index in [1.165, 1.54) is 11.6 Å². The molecule has 0 aliphatic carbocycles. The highest BCUT2D eigenvalue weighted by Crippen LogP contribution is 2.25. The number of hydrogen-bond donors (Lipinski definition) is 3. The van der Waals surface area contributed by atoms with Crippen molar-refractivity contribution in [2.75, 3.05) is 17.7 Å². The number of carbonyl (C=O) groups is 1. The van der Waals surface area contributed by atoms with Crippen molar-refractivity contribution in [3.63, 3.8) is 0 Å². The summed E-state index contributed by atoms with van der Waals surface area (Å²) in [6.07, 6.45) is 3.52. The monoisotopic (exact) mass is 401 g/mol. The second-order valence-corrected chi connectivity index (χ2v) is 6.97. The van der Waals surface area contributed by atoms with Gasteiger partial charge in [0.1, 0.15) is 11.6 Å². The minimum absolute atomic E-state index is 0.342. The number of para-hydroxylation sites is 1. The van der Waals surface area contributed by atoms with Crippen LogP contribution in [0.4, 0.5) is 17.2 Å². The zero-order chi connectivity index (χ0) is 21.1. The number of nitrogens with one attached hydrogen (secondary N) is 2. The van der Waals surface area contributed by atoms with Gasteiger partial charge in [-0.15, -0.1) is 0 Å². The normalized spacial score (nSPS) is 10.7. The Balaban J connectivity index is 1.59. The van der Waals surface area contributed by atoms with Crippen LogP contribution in [0.5, 0.6) is 5.75 Å². The van der Waals surface area contributed by atoms with Crippen molar-refractivity contribution in [1.29, 1.82) is 0 Å². The molecule has 4 N–H and O–H groups in total. The van der Waals surface area contributed by atoms with Gasteiger partial charge in [0, 0.05) is 37.7 Å². The molecule has 0 radical (unpaired) electrons.